The Balaban J connectivity index is 1.69. The average molecular weight is 343 g/mol. The average Bonchev–Trinajstić information content (AvgIpc) is 3.16. The molecule has 124 valence electrons. The summed E-state index contributed by atoms with van der Waals surface area (Å²) in [7, 11) is 1.77. The lowest BCUT2D eigenvalue weighted by atomic mass is 10.2. The maximum Gasteiger partial charge on any atom is 0.322 e. The Kier molecular flexibility index (Phi) is 4.66. The van der Waals surface area contributed by atoms with Crippen LogP contribution in [-0.4, -0.2) is 31.1 Å². The first kappa shape index (κ1) is 16.3. The Bertz CT molecular complexity index is 838. The first-order valence-electron chi connectivity index (χ1n) is 7.43. The molecule has 0 unspecified atom stereocenters. The van der Waals surface area contributed by atoms with Gasteiger partial charge in [0.15, 0.2) is 0 Å². The fourth-order valence-corrected chi connectivity index (χ4v) is 2.92. The van der Waals surface area contributed by atoms with Crippen LogP contribution in [0.2, 0.25) is 0 Å². The number of nitrogens with one attached hydrogen (secondary N) is 1. The van der Waals surface area contributed by atoms with Crippen LogP contribution >= 0.6 is 11.8 Å². The van der Waals surface area contributed by atoms with E-state index in [-0.39, 0.29) is 11.9 Å². The minimum atomic E-state index is -0.295. The molecule has 1 N–H and O–H groups in total. The number of hydrogen-bond acceptors (Lipinski definition) is 6. The second-order valence-corrected chi connectivity index (χ2v) is 7.05. The Labute approximate surface area is 143 Å². The monoisotopic (exact) mass is 343 g/mol. The van der Waals surface area contributed by atoms with E-state index in [1.165, 1.54) is 0 Å². The molecule has 0 atom stereocenters. The van der Waals surface area contributed by atoms with E-state index in [0.717, 1.165) is 4.90 Å². The molecule has 24 heavy (non-hydrogen) atoms. The Morgan fingerprint density at radius 3 is 2.58 bits per heavy atom. The van der Waals surface area contributed by atoms with Crippen molar-refractivity contribution in [2.75, 3.05) is 5.32 Å². The fraction of sp³-hybridized carbons (Fsp3) is 0.250. The molecule has 1 aromatic carbocycles. The van der Waals surface area contributed by atoms with Gasteiger partial charge in [-0.1, -0.05) is 18.9 Å². The van der Waals surface area contributed by atoms with Gasteiger partial charge < -0.3 is 4.42 Å². The van der Waals surface area contributed by atoms with Gasteiger partial charge in [0.25, 0.3) is 11.8 Å². The third-order valence-electron chi connectivity index (χ3n) is 3.17. The van der Waals surface area contributed by atoms with Crippen LogP contribution in [-0.2, 0) is 7.05 Å². The van der Waals surface area contributed by atoms with Gasteiger partial charge in [0.05, 0.1) is 0 Å². The lowest BCUT2D eigenvalue weighted by Gasteiger charge is -2.05. The van der Waals surface area contributed by atoms with Crippen LogP contribution in [0.3, 0.4) is 0 Å². The molecular formula is C16H17N5O2S. The van der Waals surface area contributed by atoms with Crippen molar-refractivity contribution in [2.45, 2.75) is 24.0 Å². The summed E-state index contributed by atoms with van der Waals surface area (Å²) in [4.78, 5) is 13.4. The second kappa shape index (κ2) is 6.88. The SMILES string of the molecule is CC(C)Sc1ccc(C(=O)Nc2nnc(-c3ccnn3C)o2)cc1. The predicted molar refractivity (Wildman–Crippen MR) is 91.9 cm³/mol. The summed E-state index contributed by atoms with van der Waals surface area (Å²) < 4.78 is 7.07. The van der Waals surface area contributed by atoms with Crippen molar-refractivity contribution in [2.24, 2.45) is 7.05 Å². The number of hydrogen-bond donors (Lipinski definition) is 1. The van der Waals surface area contributed by atoms with E-state index in [1.54, 1.807) is 47.9 Å². The summed E-state index contributed by atoms with van der Waals surface area (Å²) in [5, 5.41) is 14.9. The largest absolute Gasteiger partial charge is 0.401 e. The Hall–Kier alpha value is -2.61. The summed E-state index contributed by atoms with van der Waals surface area (Å²) in [6.45, 7) is 4.25. The molecule has 0 radical (unpaired) electrons. The van der Waals surface area contributed by atoms with Crippen LogP contribution in [0.1, 0.15) is 24.2 Å². The lowest BCUT2D eigenvalue weighted by Crippen LogP contribution is -2.11. The van der Waals surface area contributed by atoms with Gasteiger partial charge in [0.2, 0.25) is 0 Å². The van der Waals surface area contributed by atoms with Crippen molar-refractivity contribution in [3.05, 3.63) is 42.1 Å². The van der Waals surface area contributed by atoms with E-state index in [1.807, 2.05) is 12.1 Å². The molecule has 2 aromatic heterocycles. The molecule has 3 rings (SSSR count). The minimum absolute atomic E-state index is 0.0526. The highest BCUT2D eigenvalue weighted by molar-refractivity contribution is 7.99. The van der Waals surface area contributed by atoms with Crippen LogP contribution in [0.4, 0.5) is 6.01 Å². The molecule has 0 spiro atoms. The van der Waals surface area contributed by atoms with Gasteiger partial charge in [0, 0.05) is 29.0 Å². The van der Waals surface area contributed by atoms with Gasteiger partial charge in [0.1, 0.15) is 5.69 Å². The van der Waals surface area contributed by atoms with Crippen molar-refractivity contribution in [3.63, 3.8) is 0 Å². The molecule has 8 heteroatoms. The molecule has 0 aliphatic heterocycles. The molecule has 0 aliphatic rings. The number of carbonyl (C=O) groups is 1. The number of anilines is 1. The number of nitrogens with zero attached hydrogens (tertiary/aromatic N) is 4. The predicted octanol–water partition coefficient (Wildman–Crippen LogP) is 3.22. The number of aryl methyl sites for hydroxylation is 1. The number of carbonyl (C=O) groups excluding carboxylic acids is 1. The number of benzene rings is 1. The zero-order valence-electron chi connectivity index (χ0n) is 13.6. The van der Waals surface area contributed by atoms with E-state index in [4.69, 9.17) is 4.42 Å². The second-order valence-electron chi connectivity index (χ2n) is 5.40. The summed E-state index contributed by atoms with van der Waals surface area (Å²) in [5.41, 5.74) is 1.21. The molecule has 7 nitrogen and oxygen atoms in total. The van der Waals surface area contributed by atoms with Crippen LogP contribution in [0.25, 0.3) is 11.6 Å². The van der Waals surface area contributed by atoms with E-state index >= 15 is 0 Å². The first-order valence-corrected chi connectivity index (χ1v) is 8.31. The van der Waals surface area contributed by atoms with Crippen LogP contribution < -0.4 is 5.32 Å². The van der Waals surface area contributed by atoms with Crippen LogP contribution in [0.15, 0.2) is 45.8 Å². The Morgan fingerprint density at radius 1 is 1.21 bits per heavy atom. The van der Waals surface area contributed by atoms with E-state index in [2.05, 4.69) is 34.5 Å². The zero-order chi connectivity index (χ0) is 17.1. The molecule has 0 fully saturated rings. The standard InChI is InChI=1S/C16H17N5O2S/c1-10(2)24-12-6-4-11(5-7-12)14(22)18-16-20-19-15(23-16)13-8-9-17-21(13)3/h4-10H,1-3H3,(H,18,20,22). The van der Waals surface area contributed by atoms with Crippen molar-refractivity contribution in [3.8, 4) is 11.6 Å². The van der Waals surface area contributed by atoms with Gasteiger partial charge in [-0.05, 0) is 30.3 Å². The molecule has 0 saturated carbocycles. The quantitative estimate of drug-likeness (QED) is 0.716. The fourth-order valence-electron chi connectivity index (χ4n) is 2.09. The molecule has 2 heterocycles. The lowest BCUT2D eigenvalue weighted by molar-refractivity contribution is 0.102. The third kappa shape index (κ3) is 3.65. The maximum absolute atomic E-state index is 12.2. The highest BCUT2D eigenvalue weighted by atomic mass is 32.2. The zero-order valence-corrected chi connectivity index (χ0v) is 14.4. The Morgan fingerprint density at radius 2 is 1.96 bits per heavy atom. The van der Waals surface area contributed by atoms with Gasteiger partial charge in [-0.25, -0.2) is 0 Å². The van der Waals surface area contributed by atoms with Crippen molar-refractivity contribution < 1.29 is 9.21 Å². The maximum atomic E-state index is 12.2. The van der Waals surface area contributed by atoms with Gasteiger partial charge in [-0.2, -0.15) is 5.10 Å². The van der Waals surface area contributed by atoms with Gasteiger partial charge in [-0.3, -0.25) is 14.8 Å². The molecule has 0 bridgehead atoms. The topological polar surface area (TPSA) is 85.8 Å². The number of rotatable bonds is 5. The summed E-state index contributed by atoms with van der Waals surface area (Å²) >= 11 is 1.75. The molecule has 0 saturated heterocycles. The van der Waals surface area contributed by atoms with Crippen molar-refractivity contribution >= 4 is 23.7 Å². The van der Waals surface area contributed by atoms with Gasteiger partial charge in [-0.15, -0.1) is 16.9 Å². The number of aromatic nitrogens is 4. The van der Waals surface area contributed by atoms with E-state index in [0.29, 0.717) is 22.4 Å². The third-order valence-corrected chi connectivity index (χ3v) is 4.19. The van der Waals surface area contributed by atoms with Crippen LogP contribution in [0.5, 0.6) is 0 Å². The number of amides is 1. The molecule has 1 amide bonds. The van der Waals surface area contributed by atoms with Gasteiger partial charge >= 0.3 is 6.01 Å². The molecular weight excluding hydrogens is 326 g/mol. The number of thioether (sulfide) groups is 1. The highest BCUT2D eigenvalue weighted by Crippen LogP contribution is 2.23. The van der Waals surface area contributed by atoms with Crippen molar-refractivity contribution in [1.29, 1.82) is 0 Å². The molecule has 0 aliphatic carbocycles. The summed E-state index contributed by atoms with van der Waals surface area (Å²) in [6.07, 6.45) is 1.63. The highest BCUT2D eigenvalue weighted by Gasteiger charge is 2.14. The summed E-state index contributed by atoms with van der Waals surface area (Å²) in [5.74, 6) is 0.00489. The smallest absolute Gasteiger partial charge is 0.322 e. The van der Waals surface area contributed by atoms with E-state index in [9.17, 15) is 4.79 Å². The van der Waals surface area contributed by atoms with Crippen LogP contribution in [0, 0.1) is 0 Å². The summed E-state index contributed by atoms with van der Waals surface area (Å²) in [6, 6.07) is 9.21. The molecule has 3 aromatic rings. The van der Waals surface area contributed by atoms with E-state index < -0.39 is 0 Å². The first-order chi connectivity index (χ1) is 11.5. The van der Waals surface area contributed by atoms with Crippen molar-refractivity contribution in [1.82, 2.24) is 20.0 Å². The normalized spacial score (nSPS) is 11.0. The minimum Gasteiger partial charge on any atom is -0.401 e.